The summed E-state index contributed by atoms with van der Waals surface area (Å²) in [5, 5.41) is 0. The third-order valence-corrected chi connectivity index (χ3v) is 1.90. The van der Waals surface area contributed by atoms with Crippen molar-refractivity contribution in [3.63, 3.8) is 0 Å². The summed E-state index contributed by atoms with van der Waals surface area (Å²) in [5.74, 6) is 0. The highest BCUT2D eigenvalue weighted by atomic mass is 32.1. The van der Waals surface area contributed by atoms with E-state index in [1.54, 1.807) is 0 Å². The van der Waals surface area contributed by atoms with E-state index in [1.807, 2.05) is 0 Å². The number of aromatic nitrogens is 1. The predicted molar refractivity (Wildman–Crippen MR) is 50.1 cm³/mol. The molecule has 0 amide bonds. The summed E-state index contributed by atoms with van der Waals surface area (Å²) in [5.41, 5.74) is 1.07. The minimum atomic E-state index is -5.00. The summed E-state index contributed by atoms with van der Waals surface area (Å²) >= 11 is 4.31. The van der Waals surface area contributed by atoms with Gasteiger partial charge < -0.3 is 5.73 Å². The lowest BCUT2D eigenvalue weighted by Gasteiger charge is -2.12. The topological polar surface area (TPSA) is 38.9 Å². The summed E-state index contributed by atoms with van der Waals surface area (Å²) in [4.78, 5) is 2.29. The first-order valence-corrected chi connectivity index (χ1v) is 4.39. The highest BCUT2D eigenvalue weighted by Gasteiger charge is 2.38. The highest BCUT2D eigenvalue weighted by molar-refractivity contribution is 7.80. The number of pyridine rings is 1. The van der Waals surface area contributed by atoms with Gasteiger partial charge in [0.05, 0.1) is 11.3 Å². The molecule has 0 bridgehead atoms. The van der Waals surface area contributed by atoms with Crippen LogP contribution >= 0.6 is 12.2 Å². The van der Waals surface area contributed by atoms with E-state index < -0.39 is 34.3 Å². The maximum atomic E-state index is 12.3. The number of rotatable bonds is 1. The van der Waals surface area contributed by atoms with Crippen LogP contribution in [0.2, 0.25) is 0 Å². The second kappa shape index (κ2) is 4.13. The lowest BCUT2D eigenvalue weighted by Crippen LogP contribution is -2.19. The number of thiocarbonyl (C=S) groups is 1. The average molecular weight is 274 g/mol. The molecule has 94 valence electrons. The normalized spacial score (nSPS) is 12.6. The molecule has 2 nitrogen and oxygen atoms in total. The van der Waals surface area contributed by atoms with Gasteiger partial charge in [0.1, 0.15) is 10.7 Å². The molecule has 17 heavy (non-hydrogen) atoms. The lowest BCUT2D eigenvalue weighted by atomic mass is 10.1. The van der Waals surface area contributed by atoms with E-state index >= 15 is 0 Å². The second-order valence-electron chi connectivity index (χ2n) is 2.99. The number of hydrogen-bond donors (Lipinski definition) is 1. The third kappa shape index (κ3) is 3.29. The van der Waals surface area contributed by atoms with E-state index in [0.717, 1.165) is 0 Å². The molecule has 0 aliphatic heterocycles. The molecule has 0 unspecified atom stereocenters. The van der Waals surface area contributed by atoms with Gasteiger partial charge in [0.15, 0.2) is 0 Å². The zero-order chi connectivity index (χ0) is 13.4. The fourth-order valence-electron chi connectivity index (χ4n) is 0.966. The van der Waals surface area contributed by atoms with Gasteiger partial charge in [-0.2, -0.15) is 26.3 Å². The van der Waals surface area contributed by atoms with Gasteiger partial charge in [-0.15, -0.1) is 0 Å². The monoisotopic (exact) mass is 274 g/mol. The molecule has 0 atom stereocenters. The first-order chi connectivity index (χ1) is 7.51. The lowest BCUT2D eigenvalue weighted by molar-refractivity contribution is -0.145. The first-order valence-electron chi connectivity index (χ1n) is 3.98. The van der Waals surface area contributed by atoms with Crippen molar-refractivity contribution >= 4 is 17.2 Å². The molecule has 1 aromatic rings. The van der Waals surface area contributed by atoms with Crippen LogP contribution < -0.4 is 5.73 Å². The van der Waals surface area contributed by atoms with Crippen LogP contribution in [0.4, 0.5) is 26.3 Å². The minimum Gasteiger partial charge on any atom is -0.388 e. The quantitative estimate of drug-likeness (QED) is 0.632. The number of alkyl halides is 6. The first kappa shape index (κ1) is 13.7. The Hall–Kier alpha value is -1.38. The number of nitrogens with zero attached hydrogens (tertiary/aromatic N) is 1. The van der Waals surface area contributed by atoms with Gasteiger partial charge in [0.25, 0.3) is 0 Å². The number of nitrogens with two attached hydrogens (primary N) is 1. The fraction of sp³-hybridized carbons (Fsp3) is 0.250. The largest absolute Gasteiger partial charge is 0.433 e. The molecule has 0 fully saturated rings. The standard InChI is InChI=1S/C8H4F6N2S/c9-7(10,11)3-1-4(6(15)17)16-5(2-3)8(12,13)14/h1-2H,(H2,15,17). The van der Waals surface area contributed by atoms with E-state index in [2.05, 4.69) is 17.2 Å². The summed E-state index contributed by atoms with van der Waals surface area (Å²) in [6, 6.07) is 0.277. The minimum absolute atomic E-state index is 0.0955. The van der Waals surface area contributed by atoms with E-state index in [0.29, 0.717) is 6.07 Å². The maximum absolute atomic E-state index is 12.3. The van der Waals surface area contributed by atoms with Crippen LogP contribution in [-0.2, 0) is 12.4 Å². The molecule has 0 radical (unpaired) electrons. The van der Waals surface area contributed by atoms with Crippen LogP contribution in [0.3, 0.4) is 0 Å². The fourth-order valence-corrected chi connectivity index (χ4v) is 1.07. The van der Waals surface area contributed by atoms with Gasteiger partial charge in [-0.1, -0.05) is 12.2 Å². The van der Waals surface area contributed by atoms with Crippen LogP contribution in [0.5, 0.6) is 0 Å². The van der Waals surface area contributed by atoms with E-state index in [1.165, 1.54) is 0 Å². The van der Waals surface area contributed by atoms with Crippen molar-refractivity contribution in [3.8, 4) is 0 Å². The van der Waals surface area contributed by atoms with Gasteiger partial charge in [-0.3, -0.25) is 0 Å². The Balaban J connectivity index is 3.45. The van der Waals surface area contributed by atoms with Crippen LogP contribution in [-0.4, -0.2) is 9.97 Å². The summed E-state index contributed by atoms with van der Waals surface area (Å²) in [6.45, 7) is 0. The van der Waals surface area contributed by atoms with Gasteiger partial charge >= 0.3 is 12.4 Å². The molecular weight excluding hydrogens is 270 g/mol. The molecule has 1 heterocycles. The number of halogens is 6. The van der Waals surface area contributed by atoms with Crippen molar-refractivity contribution in [1.29, 1.82) is 0 Å². The van der Waals surface area contributed by atoms with E-state index in [9.17, 15) is 26.3 Å². The molecule has 0 saturated carbocycles. The average Bonchev–Trinajstić information content (AvgIpc) is 2.14. The van der Waals surface area contributed by atoms with Crippen molar-refractivity contribution in [2.75, 3.05) is 0 Å². The summed E-state index contributed by atoms with van der Waals surface area (Å²) < 4.78 is 73.8. The summed E-state index contributed by atoms with van der Waals surface area (Å²) in [6.07, 6.45) is -9.93. The van der Waals surface area contributed by atoms with Crippen LogP contribution in [0.25, 0.3) is 0 Å². The Kier molecular flexibility index (Phi) is 3.33. The van der Waals surface area contributed by atoms with Crippen molar-refractivity contribution in [1.82, 2.24) is 4.98 Å². The van der Waals surface area contributed by atoms with E-state index in [-0.39, 0.29) is 6.07 Å². The molecule has 9 heteroatoms. The predicted octanol–water partition coefficient (Wildman–Crippen LogP) is 2.75. The molecule has 1 rings (SSSR count). The van der Waals surface area contributed by atoms with Crippen molar-refractivity contribution < 1.29 is 26.3 Å². The Morgan fingerprint density at radius 2 is 1.59 bits per heavy atom. The van der Waals surface area contributed by atoms with Crippen LogP contribution in [0.1, 0.15) is 17.0 Å². The van der Waals surface area contributed by atoms with E-state index in [4.69, 9.17) is 5.73 Å². The molecule has 0 aliphatic rings. The zero-order valence-corrected chi connectivity index (χ0v) is 8.67. The van der Waals surface area contributed by atoms with Gasteiger partial charge in [0, 0.05) is 0 Å². The Bertz CT molecular complexity index is 418. The third-order valence-electron chi connectivity index (χ3n) is 1.70. The molecule has 0 saturated heterocycles. The maximum Gasteiger partial charge on any atom is 0.433 e. The Morgan fingerprint density at radius 1 is 1.06 bits per heavy atom. The van der Waals surface area contributed by atoms with Crippen molar-refractivity contribution in [3.05, 3.63) is 29.1 Å². The Morgan fingerprint density at radius 3 is 1.94 bits per heavy atom. The Labute approximate surface area is 96.4 Å². The van der Waals surface area contributed by atoms with Crippen molar-refractivity contribution in [2.45, 2.75) is 12.4 Å². The van der Waals surface area contributed by atoms with Gasteiger partial charge in [0.2, 0.25) is 0 Å². The van der Waals surface area contributed by atoms with Crippen LogP contribution in [0.15, 0.2) is 12.1 Å². The molecule has 2 N–H and O–H groups in total. The molecule has 1 aromatic heterocycles. The number of hydrogen-bond acceptors (Lipinski definition) is 2. The smallest absolute Gasteiger partial charge is 0.388 e. The van der Waals surface area contributed by atoms with Gasteiger partial charge in [-0.05, 0) is 12.1 Å². The highest BCUT2D eigenvalue weighted by Crippen LogP contribution is 2.34. The van der Waals surface area contributed by atoms with Crippen LogP contribution in [0, 0.1) is 0 Å². The molecule has 0 aliphatic carbocycles. The summed E-state index contributed by atoms with van der Waals surface area (Å²) in [7, 11) is 0. The van der Waals surface area contributed by atoms with Crippen molar-refractivity contribution in [2.24, 2.45) is 5.73 Å². The molecule has 0 aromatic carbocycles. The molecule has 0 spiro atoms. The zero-order valence-electron chi connectivity index (χ0n) is 7.86. The molecular formula is C8H4F6N2S. The van der Waals surface area contributed by atoms with Gasteiger partial charge in [-0.25, -0.2) is 4.98 Å². The second-order valence-corrected chi connectivity index (χ2v) is 3.43. The SMILES string of the molecule is NC(=S)c1cc(C(F)(F)F)cc(C(F)(F)F)n1.